The number of carbonyl (C=O) groups is 1. The number of para-hydroxylation sites is 1. The van der Waals surface area contributed by atoms with Gasteiger partial charge >= 0.3 is 0 Å². The monoisotopic (exact) mass is 370 g/mol. The average Bonchev–Trinajstić information content (AvgIpc) is 2.72. The van der Waals surface area contributed by atoms with Crippen LogP contribution in [0.1, 0.15) is 24.1 Å². The first-order valence-electron chi connectivity index (χ1n) is 9.00. The van der Waals surface area contributed by atoms with Gasteiger partial charge in [-0.25, -0.2) is 0 Å². The van der Waals surface area contributed by atoms with Gasteiger partial charge in [0.25, 0.3) is 0 Å². The van der Waals surface area contributed by atoms with Gasteiger partial charge in [-0.3, -0.25) is 4.79 Å². The van der Waals surface area contributed by atoms with E-state index >= 15 is 0 Å². The van der Waals surface area contributed by atoms with E-state index in [1.807, 2.05) is 48.2 Å². The highest BCUT2D eigenvalue weighted by molar-refractivity contribution is 7.99. The first-order valence-corrected chi connectivity index (χ1v) is 10.0. The summed E-state index contributed by atoms with van der Waals surface area (Å²) >= 11 is 1.70. The van der Waals surface area contributed by atoms with E-state index in [9.17, 15) is 4.79 Å². The third-order valence-electron chi connectivity index (χ3n) is 4.71. The molecule has 3 rings (SSSR count). The number of nitrogens with zero attached hydrogens (tertiary/aromatic N) is 1. The van der Waals surface area contributed by atoms with Crippen LogP contribution < -0.4 is 10.1 Å². The van der Waals surface area contributed by atoms with E-state index in [-0.39, 0.29) is 17.2 Å². The highest BCUT2D eigenvalue weighted by Crippen LogP contribution is 2.32. The minimum absolute atomic E-state index is 0.00664. The normalized spacial score (nSPS) is 18.4. The largest absolute Gasteiger partial charge is 0.496 e. The molecule has 1 N–H and O–H groups in total. The predicted molar refractivity (Wildman–Crippen MR) is 108 cm³/mol. The molecule has 2 aromatic carbocycles. The molecule has 5 heteroatoms. The van der Waals surface area contributed by atoms with Gasteiger partial charge < -0.3 is 15.0 Å². The Labute approximate surface area is 159 Å². The van der Waals surface area contributed by atoms with Crippen LogP contribution in [-0.2, 0) is 10.5 Å². The number of carbonyl (C=O) groups excluding carboxylic acids is 1. The van der Waals surface area contributed by atoms with Gasteiger partial charge in [-0.15, -0.1) is 11.8 Å². The topological polar surface area (TPSA) is 41.6 Å². The van der Waals surface area contributed by atoms with Crippen molar-refractivity contribution < 1.29 is 9.53 Å². The molecule has 0 aliphatic carbocycles. The van der Waals surface area contributed by atoms with Crippen LogP contribution >= 0.6 is 11.8 Å². The number of piperazine rings is 1. The molecule has 4 nitrogen and oxygen atoms in total. The molecule has 138 valence electrons. The number of rotatable bonds is 6. The van der Waals surface area contributed by atoms with Crippen LogP contribution in [0, 0.1) is 0 Å². The highest BCUT2D eigenvalue weighted by Gasteiger charge is 2.32. The van der Waals surface area contributed by atoms with Crippen LogP contribution in [0.4, 0.5) is 0 Å². The van der Waals surface area contributed by atoms with Crippen LogP contribution in [0.15, 0.2) is 54.6 Å². The maximum absolute atomic E-state index is 13.1. The fourth-order valence-electron chi connectivity index (χ4n) is 3.29. The number of thioether (sulfide) groups is 1. The quantitative estimate of drug-likeness (QED) is 0.845. The van der Waals surface area contributed by atoms with Crippen LogP contribution in [0.2, 0.25) is 0 Å². The van der Waals surface area contributed by atoms with Crippen molar-refractivity contribution in [2.24, 2.45) is 0 Å². The number of hydrogen-bond acceptors (Lipinski definition) is 4. The summed E-state index contributed by atoms with van der Waals surface area (Å²) in [5.41, 5.74) is 2.31. The second kappa shape index (κ2) is 9.10. The van der Waals surface area contributed by atoms with Gasteiger partial charge in [-0.2, -0.15) is 0 Å². The standard InChI is InChI=1S/C21H26N2O2S/c1-16(26-15-17-8-4-3-5-9-17)21(24)23-13-12-22-14-19(23)18-10-6-7-11-20(18)25-2/h3-11,16,19,22H,12-15H2,1-2H3. The Hall–Kier alpha value is -1.98. The van der Waals surface area contributed by atoms with Crippen molar-refractivity contribution in [1.82, 2.24) is 10.2 Å². The van der Waals surface area contributed by atoms with E-state index in [1.165, 1.54) is 5.56 Å². The van der Waals surface area contributed by atoms with Gasteiger partial charge in [-0.05, 0) is 18.6 Å². The second-order valence-corrected chi connectivity index (χ2v) is 7.76. The maximum Gasteiger partial charge on any atom is 0.236 e. The molecular weight excluding hydrogens is 344 g/mol. The molecule has 0 saturated carbocycles. The zero-order valence-electron chi connectivity index (χ0n) is 15.4. The molecule has 0 bridgehead atoms. The Bertz CT molecular complexity index is 723. The Kier molecular flexibility index (Phi) is 6.58. The predicted octanol–water partition coefficient (Wildman–Crippen LogP) is 3.49. The SMILES string of the molecule is COc1ccccc1C1CNCCN1C(=O)C(C)SCc1ccccc1. The Morgan fingerprint density at radius 2 is 1.96 bits per heavy atom. The molecule has 2 unspecified atom stereocenters. The van der Waals surface area contributed by atoms with Gasteiger partial charge in [0, 0.05) is 31.0 Å². The summed E-state index contributed by atoms with van der Waals surface area (Å²) < 4.78 is 5.52. The summed E-state index contributed by atoms with van der Waals surface area (Å²) in [5, 5.41) is 3.33. The Balaban J connectivity index is 1.71. The fraction of sp³-hybridized carbons (Fsp3) is 0.381. The van der Waals surface area contributed by atoms with Crippen molar-refractivity contribution in [1.29, 1.82) is 0 Å². The first-order chi connectivity index (χ1) is 12.7. The molecule has 1 fully saturated rings. The lowest BCUT2D eigenvalue weighted by Gasteiger charge is -2.38. The molecule has 1 amide bonds. The van der Waals surface area contributed by atoms with E-state index in [1.54, 1.807) is 18.9 Å². The Morgan fingerprint density at radius 1 is 1.23 bits per heavy atom. The van der Waals surface area contributed by atoms with Crippen molar-refractivity contribution in [3.63, 3.8) is 0 Å². The number of amides is 1. The third kappa shape index (κ3) is 4.40. The third-order valence-corrected chi connectivity index (χ3v) is 5.92. The summed E-state index contributed by atoms with van der Waals surface area (Å²) in [7, 11) is 1.68. The number of nitrogens with one attached hydrogen (secondary N) is 1. The van der Waals surface area contributed by atoms with Crippen LogP contribution in [0.3, 0.4) is 0 Å². The van der Waals surface area contributed by atoms with Crippen molar-refractivity contribution in [3.8, 4) is 5.75 Å². The number of hydrogen-bond donors (Lipinski definition) is 1. The molecule has 26 heavy (non-hydrogen) atoms. The van der Waals surface area contributed by atoms with Crippen molar-refractivity contribution >= 4 is 17.7 Å². The van der Waals surface area contributed by atoms with Crippen molar-refractivity contribution in [2.45, 2.75) is 24.0 Å². The zero-order valence-corrected chi connectivity index (χ0v) is 16.2. The van der Waals surface area contributed by atoms with E-state index in [2.05, 4.69) is 23.5 Å². The van der Waals surface area contributed by atoms with Gasteiger partial charge in [0.2, 0.25) is 5.91 Å². The molecule has 1 heterocycles. The number of ether oxygens (including phenoxy) is 1. The molecule has 2 aromatic rings. The molecule has 0 spiro atoms. The number of benzene rings is 2. The molecule has 0 aromatic heterocycles. The van der Waals surface area contributed by atoms with Gasteiger partial charge in [0.1, 0.15) is 5.75 Å². The van der Waals surface area contributed by atoms with E-state index < -0.39 is 0 Å². The lowest BCUT2D eigenvalue weighted by atomic mass is 10.0. The van der Waals surface area contributed by atoms with Crippen molar-refractivity contribution in [2.75, 3.05) is 26.7 Å². The fourth-order valence-corrected chi connectivity index (χ4v) is 4.20. The van der Waals surface area contributed by atoms with Crippen LogP contribution in [0.25, 0.3) is 0 Å². The van der Waals surface area contributed by atoms with Crippen molar-refractivity contribution in [3.05, 3.63) is 65.7 Å². The minimum Gasteiger partial charge on any atom is -0.496 e. The molecule has 1 aliphatic heterocycles. The van der Waals surface area contributed by atoms with E-state index in [0.29, 0.717) is 0 Å². The van der Waals surface area contributed by atoms with E-state index in [4.69, 9.17) is 4.74 Å². The molecule has 0 radical (unpaired) electrons. The highest BCUT2D eigenvalue weighted by atomic mass is 32.2. The van der Waals surface area contributed by atoms with E-state index in [0.717, 1.165) is 36.7 Å². The average molecular weight is 371 g/mol. The molecule has 1 saturated heterocycles. The van der Waals surface area contributed by atoms with Gasteiger partial charge in [0.15, 0.2) is 0 Å². The molecule has 1 aliphatic rings. The first kappa shape index (κ1) is 18.8. The lowest BCUT2D eigenvalue weighted by Crippen LogP contribution is -2.50. The summed E-state index contributed by atoms with van der Waals surface area (Å²) in [4.78, 5) is 15.2. The summed E-state index contributed by atoms with van der Waals surface area (Å²) in [6.45, 7) is 4.31. The van der Waals surface area contributed by atoms with Gasteiger partial charge in [0.05, 0.1) is 18.4 Å². The lowest BCUT2D eigenvalue weighted by molar-refractivity contribution is -0.133. The minimum atomic E-state index is -0.0782. The Morgan fingerprint density at radius 3 is 2.73 bits per heavy atom. The maximum atomic E-state index is 13.1. The summed E-state index contributed by atoms with van der Waals surface area (Å²) in [6, 6.07) is 18.3. The van der Waals surface area contributed by atoms with Gasteiger partial charge in [-0.1, -0.05) is 48.5 Å². The summed E-state index contributed by atoms with van der Waals surface area (Å²) in [6.07, 6.45) is 0. The second-order valence-electron chi connectivity index (χ2n) is 6.43. The van der Waals surface area contributed by atoms with Crippen LogP contribution in [-0.4, -0.2) is 42.8 Å². The zero-order chi connectivity index (χ0) is 18.4. The molecular formula is C21H26N2O2S. The summed E-state index contributed by atoms with van der Waals surface area (Å²) in [5.74, 6) is 1.88. The van der Waals surface area contributed by atoms with Crippen LogP contribution in [0.5, 0.6) is 5.75 Å². The molecule has 2 atom stereocenters. The number of methoxy groups -OCH3 is 1. The smallest absolute Gasteiger partial charge is 0.236 e.